The van der Waals surface area contributed by atoms with Crippen LogP contribution in [0.3, 0.4) is 0 Å². The molecule has 0 spiro atoms. The molecule has 4 N–H and O–H groups in total. The second-order valence-corrected chi connectivity index (χ2v) is 4.32. The van der Waals surface area contributed by atoms with Crippen molar-refractivity contribution in [2.45, 2.75) is 11.6 Å². The third-order valence-electron chi connectivity index (χ3n) is 2.03. The average molecular weight is 223 g/mol. The van der Waals surface area contributed by atoms with Gasteiger partial charge in [-0.25, -0.2) is 4.98 Å². The van der Waals surface area contributed by atoms with Crippen LogP contribution in [0.25, 0.3) is 11.0 Å². The number of hydrogen-bond acceptors (Lipinski definition) is 4. The third kappa shape index (κ3) is 2.43. The van der Waals surface area contributed by atoms with E-state index < -0.39 is 0 Å². The van der Waals surface area contributed by atoms with Crippen LogP contribution < -0.4 is 5.73 Å². The highest BCUT2D eigenvalue weighted by Crippen LogP contribution is 2.22. The van der Waals surface area contributed by atoms with Crippen LogP contribution in [0.4, 0.5) is 0 Å². The maximum atomic E-state index is 9.28. The maximum absolute atomic E-state index is 9.28. The third-order valence-corrected chi connectivity index (χ3v) is 2.99. The fourth-order valence-electron chi connectivity index (χ4n) is 1.29. The lowest BCUT2D eigenvalue weighted by Gasteiger charge is -1.93. The Bertz CT molecular complexity index is 455. The first-order chi connectivity index (χ1) is 7.29. The van der Waals surface area contributed by atoms with Crippen LogP contribution in [0.15, 0.2) is 23.4 Å². The summed E-state index contributed by atoms with van der Waals surface area (Å²) >= 11 is 1.65. The van der Waals surface area contributed by atoms with E-state index in [1.807, 2.05) is 6.07 Å². The SMILES string of the molecule is NCCCSc1nc2cc(O)ccc2[nH]1. The van der Waals surface area contributed by atoms with Crippen LogP contribution in [-0.2, 0) is 0 Å². The van der Waals surface area contributed by atoms with Crippen molar-refractivity contribution in [1.82, 2.24) is 9.97 Å². The number of hydrogen-bond donors (Lipinski definition) is 3. The molecule has 1 heterocycles. The highest BCUT2D eigenvalue weighted by atomic mass is 32.2. The molecule has 80 valence electrons. The number of H-pyrrole nitrogens is 1. The van der Waals surface area contributed by atoms with Crippen LogP contribution in [0.5, 0.6) is 5.75 Å². The van der Waals surface area contributed by atoms with Crippen LogP contribution >= 0.6 is 11.8 Å². The summed E-state index contributed by atoms with van der Waals surface area (Å²) in [6.45, 7) is 0.702. The van der Waals surface area contributed by atoms with E-state index >= 15 is 0 Å². The van der Waals surface area contributed by atoms with Crippen LogP contribution in [0, 0.1) is 0 Å². The van der Waals surface area contributed by atoms with Gasteiger partial charge in [-0.3, -0.25) is 0 Å². The summed E-state index contributed by atoms with van der Waals surface area (Å²) < 4.78 is 0. The summed E-state index contributed by atoms with van der Waals surface area (Å²) in [5.74, 6) is 1.20. The van der Waals surface area contributed by atoms with Gasteiger partial charge in [0.15, 0.2) is 5.16 Å². The molecule has 4 nitrogen and oxygen atoms in total. The maximum Gasteiger partial charge on any atom is 0.166 e. The van der Waals surface area contributed by atoms with Gasteiger partial charge in [0.25, 0.3) is 0 Å². The minimum atomic E-state index is 0.243. The number of rotatable bonds is 4. The van der Waals surface area contributed by atoms with Gasteiger partial charge < -0.3 is 15.8 Å². The predicted octanol–water partition coefficient (Wildman–Crippen LogP) is 1.71. The molecule has 15 heavy (non-hydrogen) atoms. The highest BCUT2D eigenvalue weighted by molar-refractivity contribution is 7.99. The zero-order valence-corrected chi connectivity index (χ0v) is 9.05. The number of aromatic nitrogens is 2. The first kappa shape index (κ1) is 10.3. The van der Waals surface area contributed by atoms with Gasteiger partial charge >= 0.3 is 0 Å². The molecule has 1 aromatic carbocycles. The number of phenolic OH excluding ortho intramolecular Hbond substituents is 1. The van der Waals surface area contributed by atoms with Crippen molar-refractivity contribution in [2.24, 2.45) is 5.73 Å². The van der Waals surface area contributed by atoms with E-state index in [2.05, 4.69) is 9.97 Å². The lowest BCUT2D eigenvalue weighted by molar-refractivity contribution is 0.476. The van der Waals surface area contributed by atoms with E-state index in [0.717, 1.165) is 28.4 Å². The van der Waals surface area contributed by atoms with Gasteiger partial charge in [-0.05, 0) is 25.1 Å². The van der Waals surface area contributed by atoms with E-state index in [0.29, 0.717) is 6.54 Å². The predicted molar refractivity (Wildman–Crippen MR) is 62.2 cm³/mol. The van der Waals surface area contributed by atoms with E-state index in [9.17, 15) is 5.11 Å². The Hall–Kier alpha value is -1.20. The molecule has 0 bridgehead atoms. The Morgan fingerprint density at radius 1 is 1.47 bits per heavy atom. The number of nitrogens with one attached hydrogen (secondary N) is 1. The van der Waals surface area contributed by atoms with Gasteiger partial charge in [-0.2, -0.15) is 0 Å². The number of aromatic amines is 1. The van der Waals surface area contributed by atoms with E-state index in [1.54, 1.807) is 23.9 Å². The lowest BCUT2D eigenvalue weighted by Crippen LogP contribution is -1.99. The second kappa shape index (κ2) is 4.55. The monoisotopic (exact) mass is 223 g/mol. The molecular formula is C10H13N3OS. The molecule has 0 saturated carbocycles. The fourth-order valence-corrected chi connectivity index (χ4v) is 2.14. The standard InChI is InChI=1S/C10H13N3OS/c11-4-1-5-15-10-12-8-3-2-7(14)6-9(8)13-10/h2-3,6,14H,1,4-5,11H2,(H,12,13). The molecule has 0 aliphatic carbocycles. The molecule has 5 heteroatoms. The summed E-state index contributed by atoms with van der Waals surface area (Å²) in [6.07, 6.45) is 0.979. The molecule has 1 aromatic heterocycles. The molecule has 0 radical (unpaired) electrons. The topological polar surface area (TPSA) is 74.9 Å². The Labute approximate surface area is 91.9 Å². The summed E-state index contributed by atoms with van der Waals surface area (Å²) in [4.78, 5) is 7.53. The molecule has 0 aliphatic rings. The number of aromatic hydroxyl groups is 1. The smallest absolute Gasteiger partial charge is 0.166 e. The Morgan fingerprint density at radius 3 is 3.13 bits per heavy atom. The molecule has 2 aromatic rings. The fraction of sp³-hybridized carbons (Fsp3) is 0.300. The first-order valence-electron chi connectivity index (χ1n) is 4.81. The average Bonchev–Trinajstić information content (AvgIpc) is 2.60. The van der Waals surface area contributed by atoms with Crippen molar-refractivity contribution in [3.63, 3.8) is 0 Å². The van der Waals surface area contributed by atoms with Crippen molar-refractivity contribution >= 4 is 22.8 Å². The van der Waals surface area contributed by atoms with Gasteiger partial charge in [0.05, 0.1) is 11.0 Å². The number of nitrogens with zero attached hydrogens (tertiary/aromatic N) is 1. The van der Waals surface area contributed by atoms with Crippen molar-refractivity contribution in [2.75, 3.05) is 12.3 Å². The van der Waals surface area contributed by atoms with Crippen molar-refractivity contribution in [3.8, 4) is 5.75 Å². The summed E-state index contributed by atoms with van der Waals surface area (Å²) in [6, 6.07) is 5.12. The number of thioether (sulfide) groups is 1. The number of benzene rings is 1. The van der Waals surface area contributed by atoms with Gasteiger partial charge in [0, 0.05) is 11.8 Å². The lowest BCUT2D eigenvalue weighted by atomic mass is 10.3. The van der Waals surface area contributed by atoms with Crippen LogP contribution in [0.2, 0.25) is 0 Å². The van der Waals surface area contributed by atoms with Gasteiger partial charge in [0.2, 0.25) is 0 Å². The molecule has 2 rings (SSSR count). The number of imidazole rings is 1. The van der Waals surface area contributed by atoms with E-state index in [-0.39, 0.29) is 5.75 Å². The highest BCUT2D eigenvalue weighted by Gasteiger charge is 2.03. The van der Waals surface area contributed by atoms with Crippen molar-refractivity contribution in [3.05, 3.63) is 18.2 Å². The Morgan fingerprint density at radius 2 is 2.33 bits per heavy atom. The van der Waals surface area contributed by atoms with Gasteiger partial charge in [-0.15, -0.1) is 0 Å². The number of nitrogens with two attached hydrogens (primary N) is 1. The van der Waals surface area contributed by atoms with Crippen molar-refractivity contribution in [1.29, 1.82) is 0 Å². The molecular weight excluding hydrogens is 210 g/mol. The zero-order valence-electron chi connectivity index (χ0n) is 8.23. The first-order valence-corrected chi connectivity index (χ1v) is 5.80. The Kier molecular flexibility index (Phi) is 3.13. The summed E-state index contributed by atoms with van der Waals surface area (Å²) in [7, 11) is 0. The van der Waals surface area contributed by atoms with Crippen molar-refractivity contribution < 1.29 is 5.11 Å². The molecule has 0 atom stereocenters. The summed E-state index contributed by atoms with van der Waals surface area (Å²) in [5, 5.41) is 10.2. The van der Waals surface area contributed by atoms with Gasteiger partial charge in [0.1, 0.15) is 5.75 Å². The number of fused-ring (bicyclic) bond motifs is 1. The molecule has 0 unspecified atom stereocenters. The van der Waals surface area contributed by atoms with Crippen LogP contribution in [-0.4, -0.2) is 27.4 Å². The van der Waals surface area contributed by atoms with E-state index in [4.69, 9.17) is 5.73 Å². The Balaban J connectivity index is 2.16. The molecule has 0 saturated heterocycles. The molecule has 0 fully saturated rings. The quantitative estimate of drug-likeness (QED) is 0.545. The molecule has 0 aliphatic heterocycles. The summed E-state index contributed by atoms with van der Waals surface area (Å²) in [5.41, 5.74) is 7.15. The minimum absolute atomic E-state index is 0.243. The zero-order chi connectivity index (χ0) is 10.7. The molecule has 0 amide bonds. The normalized spacial score (nSPS) is 11.0. The van der Waals surface area contributed by atoms with E-state index in [1.165, 1.54) is 0 Å². The van der Waals surface area contributed by atoms with Crippen LogP contribution in [0.1, 0.15) is 6.42 Å². The van der Waals surface area contributed by atoms with Gasteiger partial charge in [-0.1, -0.05) is 11.8 Å². The minimum Gasteiger partial charge on any atom is -0.508 e. The number of phenols is 1. The largest absolute Gasteiger partial charge is 0.508 e. The second-order valence-electron chi connectivity index (χ2n) is 3.23.